The maximum atomic E-state index is 4.83. The summed E-state index contributed by atoms with van der Waals surface area (Å²) in [6, 6.07) is 0. The van der Waals surface area contributed by atoms with E-state index in [4.69, 9.17) is 4.99 Å². The highest BCUT2D eigenvalue weighted by Gasteiger charge is 2.34. The van der Waals surface area contributed by atoms with E-state index in [0.717, 1.165) is 19.0 Å². The molecule has 2 nitrogen and oxygen atoms in total. The minimum Gasteiger partial charge on any atom is -0.365 e. The van der Waals surface area contributed by atoms with Gasteiger partial charge in [0.2, 0.25) is 0 Å². The lowest BCUT2D eigenvalue weighted by atomic mass is 9.75. The van der Waals surface area contributed by atoms with Crippen LogP contribution in [0.25, 0.3) is 0 Å². The van der Waals surface area contributed by atoms with E-state index in [2.05, 4.69) is 17.1 Å². The molecule has 0 aromatic rings. The molecule has 4 heteroatoms. The average Bonchev–Trinajstić information content (AvgIpc) is 2.93. The van der Waals surface area contributed by atoms with Gasteiger partial charge in [0.05, 0.1) is 0 Å². The summed E-state index contributed by atoms with van der Waals surface area (Å²) in [6.07, 6.45) is 8.52. The van der Waals surface area contributed by atoms with Crippen LogP contribution in [0.1, 0.15) is 38.5 Å². The molecule has 0 radical (unpaired) electrons. The van der Waals surface area contributed by atoms with Crippen LogP contribution in [0.2, 0.25) is 0 Å². The van der Waals surface area contributed by atoms with Crippen molar-refractivity contribution >= 4 is 28.7 Å². The van der Waals surface area contributed by atoms with Gasteiger partial charge in [0, 0.05) is 18.8 Å². The molecule has 1 atom stereocenters. The molecule has 2 fully saturated rings. The third-order valence-electron chi connectivity index (χ3n) is 4.55. The predicted octanol–water partition coefficient (Wildman–Crippen LogP) is 3.38. The third kappa shape index (κ3) is 3.19. The number of amidine groups is 1. The summed E-state index contributed by atoms with van der Waals surface area (Å²) >= 11 is 4.08. The first-order valence-electron chi connectivity index (χ1n) is 7.35. The number of thioether (sulfide) groups is 2. The van der Waals surface area contributed by atoms with Crippen molar-refractivity contribution in [2.75, 3.05) is 30.3 Å². The van der Waals surface area contributed by atoms with E-state index in [1.165, 1.54) is 61.0 Å². The van der Waals surface area contributed by atoms with E-state index in [1.807, 2.05) is 11.8 Å². The smallest absolute Gasteiger partial charge is 0.156 e. The zero-order valence-corrected chi connectivity index (χ0v) is 12.8. The molecule has 3 rings (SSSR count). The van der Waals surface area contributed by atoms with Crippen LogP contribution in [0.3, 0.4) is 0 Å². The Bertz CT molecular complexity index is 305. The summed E-state index contributed by atoms with van der Waals surface area (Å²) in [6.45, 7) is 2.23. The van der Waals surface area contributed by atoms with Crippen LogP contribution in [-0.2, 0) is 0 Å². The normalized spacial score (nSPS) is 31.3. The lowest BCUT2D eigenvalue weighted by molar-refractivity contribution is 0.232. The Hall–Kier alpha value is 0.170. The van der Waals surface area contributed by atoms with Gasteiger partial charge in [0.15, 0.2) is 5.17 Å². The quantitative estimate of drug-likeness (QED) is 0.841. The molecule has 3 aliphatic rings. The molecule has 1 aliphatic carbocycles. The maximum absolute atomic E-state index is 4.83. The highest BCUT2D eigenvalue weighted by atomic mass is 32.2. The predicted molar refractivity (Wildman–Crippen MR) is 83.7 cm³/mol. The highest BCUT2D eigenvalue weighted by molar-refractivity contribution is 8.13. The maximum Gasteiger partial charge on any atom is 0.156 e. The van der Waals surface area contributed by atoms with Gasteiger partial charge in [-0.3, -0.25) is 4.99 Å². The van der Waals surface area contributed by atoms with Gasteiger partial charge in [-0.05, 0) is 42.1 Å². The fraction of sp³-hybridized carbons (Fsp3) is 0.929. The molecular weight excluding hydrogens is 260 g/mol. The van der Waals surface area contributed by atoms with E-state index in [1.54, 1.807) is 0 Å². The van der Waals surface area contributed by atoms with Crippen molar-refractivity contribution in [2.45, 2.75) is 38.5 Å². The SMILES string of the molecule is C1CCC2(CC1)CN=C(NCC1CCSC1)SC2. The molecule has 0 aromatic carbocycles. The molecule has 1 saturated carbocycles. The average molecular weight is 284 g/mol. The lowest BCUT2D eigenvalue weighted by Gasteiger charge is -2.38. The summed E-state index contributed by atoms with van der Waals surface area (Å²) < 4.78 is 0. The van der Waals surface area contributed by atoms with E-state index >= 15 is 0 Å². The zero-order valence-electron chi connectivity index (χ0n) is 11.1. The Morgan fingerprint density at radius 2 is 2.17 bits per heavy atom. The molecule has 102 valence electrons. The number of aliphatic imine (C=N–C) groups is 1. The van der Waals surface area contributed by atoms with Crippen LogP contribution < -0.4 is 5.32 Å². The first-order chi connectivity index (χ1) is 8.86. The van der Waals surface area contributed by atoms with Crippen molar-refractivity contribution in [3.63, 3.8) is 0 Å². The summed E-state index contributed by atoms with van der Waals surface area (Å²) in [5, 5.41) is 4.81. The second-order valence-corrected chi connectivity index (χ2v) is 8.20. The molecule has 18 heavy (non-hydrogen) atoms. The standard InChI is InChI=1S/C14H24N2S2/c1-2-5-14(6-3-1)10-16-13(18-11-14)15-8-12-4-7-17-9-12/h12H,1-11H2,(H,15,16). The second-order valence-electron chi connectivity index (χ2n) is 6.08. The van der Waals surface area contributed by atoms with Gasteiger partial charge in [-0.25, -0.2) is 0 Å². The third-order valence-corrected chi connectivity index (χ3v) is 7.09. The molecule has 1 spiro atoms. The van der Waals surface area contributed by atoms with Gasteiger partial charge in [-0.1, -0.05) is 31.0 Å². The van der Waals surface area contributed by atoms with E-state index in [9.17, 15) is 0 Å². The molecule has 0 amide bonds. The minimum absolute atomic E-state index is 0.567. The molecule has 2 aliphatic heterocycles. The van der Waals surface area contributed by atoms with Crippen molar-refractivity contribution < 1.29 is 0 Å². The summed E-state index contributed by atoms with van der Waals surface area (Å²) in [7, 11) is 0. The van der Waals surface area contributed by atoms with Gasteiger partial charge in [0.25, 0.3) is 0 Å². The van der Waals surface area contributed by atoms with Crippen LogP contribution in [0, 0.1) is 11.3 Å². The Morgan fingerprint density at radius 3 is 2.83 bits per heavy atom. The lowest BCUT2D eigenvalue weighted by Crippen LogP contribution is -2.38. The molecule has 0 bridgehead atoms. The molecule has 2 heterocycles. The Balaban J connectivity index is 1.47. The van der Waals surface area contributed by atoms with Gasteiger partial charge in [-0.2, -0.15) is 11.8 Å². The van der Waals surface area contributed by atoms with Crippen molar-refractivity contribution in [1.29, 1.82) is 0 Å². The summed E-state index contributed by atoms with van der Waals surface area (Å²) in [5.74, 6) is 4.88. The molecule has 1 unspecified atom stereocenters. The molecule has 1 saturated heterocycles. The Kier molecular flexibility index (Phi) is 4.45. The number of nitrogens with one attached hydrogen (secondary N) is 1. The van der Waals surface area contributed by atoms with Crippen LogP contribution in [0.15, 0.2) is 4.99 Å². The highest BCUT2D eigenvalue weighted by Crippen LogP contribution is 2.41. The second kappa shape index (κ2) is 6.08. The molecule has 1 N–H and O–H groups in total. The van der Waals surface area contributed by atoms with E-state index in [-0.39, 0.29) is 0 Å². The van der Waals surface area contributed by atoms with Gasteiger partial charge >= 0.3 is 0 Å². The largest absolute Gasteiger partial charge is 0.365 e. The Labute approximate surface area is 119 Å². The van der Waals surface area contributed by atoms with E-state index in [0.29, 0.717) is 5.41 Å². The number of nitrogens with zero attached hydrogens (tertiary/aromatic N) is 1. The zero-order chi connectivity index (χ0) is 12.3. The van der Waals surface area contributed by atoms with Crippen LogP contribution >= 0.6 is 23.5 Å². The van der Waals surface area contributed by atoms with Gasteiger partial charge in [-0.15, -0.1) is 0 Å². The monoisotopic (exact) mass is 284 g/mol. The van der Waals surface area contributed by atoms with Crippen LogP contribution in [-0.4, -0.2) is 35.5 Å². The van der Waals surface area contributed by atoms with Crippen LogP contribution in [0.5, 0.6) is 0 Å². The first kappa shape index (κ1) is 13.2. The van der Waals surface area contributed by atoms with Crippen LogP contribution in [0.4, 0.5) is 0 Å². The summed E-state index contributed by atoms with van der Waals surface area (Å²) in [5.41, 5.74) is 0.567. The molecule has 0 aromatic heterocycles. The fourth-order valence-electron chi connectivity index (χ4n) is 3.24. The number of hydrogen-bond acceptors (Lipinski definition) is 4. The minimum atomic E-state index is 0.567. The number of rotatable bonds is 2. The summed E-state index contributed by atoms with van der Waals surface area (Å²) in [4.78, 5) is 4.83. The van der Waals surface area contributed by atoms with Crippen molar-refractivity contribution in [2.24, 2.45) is 16.3 Å². The molecular formula is C14H24N2S2. The van der Waals surface area contributed by atoms with Crippen molar-refractivity contribution in [3.8, 4) is 0 Å². The number of hydrogen-bond donors (Lipinski definition) is 1. The van der Waals surface area contributed by atoms with E-state index < -0.39 is 0 Å². The van der Waals surface area contributed by atoms with Crippen molar-refractivity contribution in [1.82, 2.24) is 5.32 Å². The van der Waals surface area contributed by atoms with Gasteiger partial charge in [0.1, 0.15) is 0 Å². The first-order valence-corrected chi connectivity index (χ1v) is 9.49. The fourth-order valence-corrected chi connectivity index (χ4v) is 5.69. The van der Waals surface area contributed by atoms with Crippen molar-refractivity contribution in [3.05, 3.63) is 0 Å². The topological polar surface area (TPSA) is 24.4 Å². The Morgan fingerprint density at radius 1 is 1.28 bits per heavy atom. The van der Waals surface area contributed by atoms with Gasteiger partial charge < -0.3 is 5.32 Å².